The molecule has 2 N–H and O–H groups in total. The van der Waals surface area contributed by atoms with Gasteiger partial charge in [-0.2, -0.15) is 8.78 Å². The second-order valence-electron chi connectivity index (χ2n) is 9.78. The van der Waals surface area contributed by atoms with Crippen molar-refractivity contribution in [3.63, 3.8) is 0 Å². The summed E-state index contributed by atoms with van der Waals surface area (Å²) in [7, 11) is 0. The molecule has 0 spiro atoms. The first-order valence-electron chi connectivity index (χ1n) is 12.3. The van der Waals surface area contributed by atoms with Gasteiger partial charge in [0.25, 0.3) is 0 Å². The number of carbonyl (C=O) groups is 2. The maximum Gasteiger partial charge on any atom is 0.586 e. The van der Waals surface area contributed by atoms with Crippen LogP contribution in [-0.4, -0.2) is 29.9 Å². The number of alkyl halides is 4. The van der Waals surface area contributed by atoms with Crippen LogP contribution in [0.15, 0.2) is 60.7 Å². The minimum absolute atomic E-state index is 0.0783. The smallest absolute Gasteiger partial charge is 0.485 e. The Morgan fingerprint density at radius 2 is 1.68 bits per heavy atom. The lowest BCUT2D eigenvalue weighted by Gasteiger charge is -2.34. The first-order chi connectivity index (χ1) is 19.0. The summed E-state index contributed by atoms with van der Waals surface area (Å²) < 4.78 is 72.3. The molecule has 3 aromatic rings. The lowest BCUT2D eigenvalue weighted by molar-refractivity contribution is -0.286. The van der Waals surface area contributed by atoms with E-state index in [1.807, 2.05) is 0 Å². The van der Waals surface area contributed by atoms with Crippen molar-refractivity contribution < 1.29 is 51.2 Å². The maximum atomic E-state index is 13.6. The van der Waals surface area contributed by atoms with E-state index in [1.54, 1.807) is 18.2 Å². The van der Waals surface area contributed by atoms with Gasteiger partial charge < -0.3 is 29.4 Å². The van der Waals surface area contributed by atoms with E-state index >= 15 is 0 Å². The highest BCUT2D eigenvalue weighted by Crippen LogP contribution is 2.53. The molecule has 1 fully saturated rings. The van der Waals surface area contributed by atoms with E-state index in [4.69, 9.17) is 4.74 Å². The number of carbonyl (C=O) groups excluding carboxylic acids is 1. The van der Waals surface area contributed by atoms with E-state index < -0.39 is 36.4 Å². The van der Waals surface area contributed by atoms with Crippen LogP contribution in [0, 0.1) is 0 Å². The highest BCUT2D eigenvalue weighted by Gasteiger charge is 2.53. The molecule has 8 nitrogen and oxygen atoms in total. The molecule has 3 aliphatic rings. The highest BCUT2D eigenvalue weighted by atomic mass is 19.3. The first kappa shape index (κ1) is 25.8. The van der Waals surface area contributed by atoms with Gasteiger partial charge in [0.1, 0.15) is 17.6 Å². The van der Waals surface area contributed by atoms with Gasteiger partial charge in [0.05, 0.1) is 17.0 Å². The van der Waals surface area contributed by atoms with Crippen LogP contribution in [0.1, 0.15) is 58.5 Å². The zero-order valence-electron chi connectivity index (χ0n) is 20.5. The number of rotatable bonds is 7. The molecule has 1 unspecified atom stereocenters. The molecule has 2 aliphatic heterocycles. The molecule has 12 heteroatoms. The average Bonchev–Trinajstić information content (AvgIpc) is 3.65. The molecular weight excluding hydrogens is 538 g/mol. The molecule has 2 atom stereocenters. The summed E-state index contributed by atoms with van der Waals surface area (Å²) in [5.41, 5.74) is 0.766. The Bertz CT molecular complexity index is 1490. The number of carboxylic acids is 1. The number of benzene rings is 3. The summed E-state index contributed by atoms with van der Waals surface area (Å²) in [6.07, 6.45) is -3.22. The molecule has 0 aromatic heterocycles. The number of fused-ring (bicyclic) bond motifs is 2. The van der Waals surface area contributed by atoms with Crippen LogP contribution in [0.2, 0.25) is 0 Å². The largest absolute Gasteiger partial charge is 0.586 e. The van der Waals surface area contributed by atoms with Gasteiger partial charge in [-0.1, -0.05) is 18.2 Å². The molecule has 1 amide bonds. The SMILES string of the molecule is O=C(O)c1ccc(C2C[C@@H](NC(=O)C3(c4ccc5c(c4)OC(F)(F)O5)CC3)c3ccc(OC(F)F)cc3O2)cc1. The predicted octanol–water partition coefficient (Wildman–Crippen LogP) is 5.72. The Kier molecular flexibility index (Phi) is 6.00. The quantitative estimate of drug-likeness (QED) is 0.357. The van der Waals surface area contributed by atoms with Crippen molar-refractivity contribution in [3.8, 4) is 23.0 Å². The van der Waals surface area contributed by atoms with Crippen molar-refractivity contribution in [2.45, 2.75) is 49.7 Å². The number of aromatic carboxylic acids is 1. The van der Waals surface area contributed by atoms with E-state index in [9.17, 15) is 32.3 Å². The Labute approximate surface area is 224 Å². The zero-order valence-corrected chi connectivity index (χ0v) is 20.5. The summed E-state index contributed by atoms with van der Waals surface area (Å²) in [5.74, 6) is -1.63. The molecule has 1 saturated carbocycles. The summed E-state index contributed by atoms with van der Waals surface area (Å²) in [4.78, 5) is 24.9. The zero-order chi connectivity index (χ0) is 28.2. The van der Waals surface area contributed by atoms with Crippen LogP contribution in [-0.2, 0) is 10.2 Å². The van der Waals surface area contributed by atoms with Gasteiger partial charge in [-0.15, -0.1) is 8.78 Å². The van der Waals surface area contributed by atoms with Crippen molar-refractivity contribution >= 4 is 11.9 Å². The van der Waals surface area contributed by atoms with Crippen molar-refractivity contribution in [1.82, 2.24) is 5.32 Å². The molecule has 1 aliphatic carbocycles. The lowest BCUT2D eigenvalue weighted by atomic mass is 9.90. The fourth-order valence-electron chi connectivity index (χ4n) is 5.12. The monoisotopic (exact) mass is 559 g/mol. The van der Waals surface area contributed by atoms with Crippen LogP contribution >= 0.6 is 0 Å². The number of hydrogen-bond donors (Lipinski definition) is 2. The third-order valence-corrected chi connectivity index (χ3v) is 7.28. The lowest BCUT2D eigenvalue weighted by Crippen LogP contribution is -2.39. The van der Waals surface area contributed by atoms with E-state index in [0.29, 0.717) is 29.5 Å². The topological polar surface area (TPSA) is 103 Å². The van der Waals surface area contributed by atoms with Crippen LogP contribution < -0.4 is 24.3 Å². The van der Waals surface area contributed by atoms with Crippen LogP contribution in [0.4, 0.5) is 17.6 Å². The number of halogens is 4. The van der Waals surface area contributed by atoms with Crippen molar-refractivity contribution in [1.29, 1.82) is 0 Å². The van der Waals surface area contributed by atoms with Gasteiger partial charge in [-0.05, 0) is 60.4 Å². The predicted molar refractivity (Wildman–Crippen MR) is 129 cm³/mol. The molecule has 2 heterocycles. The second-order valence-corrected chi connectivity index (χ2v) is 9.78. The van der Waals surface area contributed by atoms with Crippen molar-refractivity contribution in [3.05, 3.63) is 82.9 Å². The normalized spacial score (nSPS) is 21.2. The number of carboxylic acid groups (broad SMARTS) is 1. The summed E-state index contributed by atoms with van der Waals surface area (Å²) in [6, 6.07) is 13.8. The Balaban J connectivity index is 1.28. The van der Waals surface area contributed by atoms with Crippen LogP contribution in [0.3, 0.4) is 0 Å². The summed E-state index contributed by atoms with van der Waals surface area (Å²) in [6.45, 7) is -3.05. The van der Waals surface area contributed by atoms with Gasteiger partial charge in [-0.3, -0.25) is 4.79 Å². The highest BCUT2D eigenvalue weighted by molar-refractivity contribution is 5.92. The maximum absolute atomic E-state index is 13.6. The van der Waals surface area contributed by atoms with E-state index in [2.05, 4.69) is 19.5 Å². The minimum Gasteiger partial charge on any atom is -0.485 e. The van der Waals surface area contributed by atoms with Crippen LogP contribution in [0.5, 0.6) is 23.0 Å². The number of ether oxygens (including phenoxy) is 4. The van der Waals surface area contributed by atoms with Gasteiger partial charge in [0, 0.05) is 18.1 Å². The molecule has 40 heavy (non-hydrogen) atoms. The molecule has 0 bridgehead atoms. The number of hydrogen-bond acceptors (Lipinski definition) is 6. The van der Waals surface area contributed by atoms with E-state index in [1.165, 1.54) is 42.5 Å². The Hall–Kier alpha value is -4.48. The van der Waals surface area contributed by atoms with Crippen LogP contribution in [0.25, 0.3) is 0 Å². The molecule has 0 saturated heterocycles. The first-order valence-corrected chi connectivity index (χ1v) is 12.3. The summed E-state index contributed by atoms with van der Waals surface area (Å²) in [5, 5.41) is 12.2. The van der Waals surface area contributed by atoms with Gasteiger partial charge in [-0.25, -0.2) is 4.79 Å². The second kappa shape index (κ2) is 9.32. The molecule has 3 aromatic carbocycles. The Morgan fingerprint density at radius 3 is 2.35 bits per heavy atom. The van der Waals surface area contributed by atoms with Crippen molar-refractivity contribution in [2.75, 3.05) is 0 Å². The minimum atomic E-state index is -3.78. The number of amides is 1. The fraction of sp³-hybridized carbons (Fsp3) is 0.286. The van der Waals surface area contributed by atoms with Gasteiger partial charge in [0.2, 0.25) is 5.91 Å². The molecule has 0 radical (unpaired) electrons. The molecular formula is C28H21F4NO7. The molecule has 208 valence electrons. The van der Waals surface area contributed by atoms with E-state index in [0.717, 1.165) is 0 Å². The Morgan fingerprint density at radius 1 is 0.950 bits per heavy atom. The van der Waals surface area contributed by atoms with Gasteiger partial charge in [0.15, 0.2) is 11.5 Å². The fourth-order valence-corrected chi connectivity index (χ4v) is 5.12. The standard InChI is InChI=1S/C28H21F4NO7/c29-26(30)37-17-6-7-18-19(13-21(38-22(18)12-17)14-1-3-15(4-2-14)24(34)35)33-25(36)27(9-10-27)16-5-8-20-23(11-16)40-28(31,32)39-20/h1-8,11-12,19,21,26H,9-10,13H2,(H,33,36)(H,34,35)/t19-,21?/m1/s1. The summed E-state index contributed by atoms with van der Waals surface area (Å²) >= 11 is 0. The molecule has 6 rings (SSSR count). The van der Waals surface area contributed by atoms with Gasteiger partial charge >= 0.3 is 18.9 Å². The third-order valence-electron chi connectivity index (χ3n) is 7.28. The third kappa shape index (κ3) is 4.74. The van der Waals surface area contributed by atoms with E-state index in [-0.39, 0.29) is 40.9 Å². The van der Waals surface area contributed by atoms with Crippen molar-refractivity contribution in [2.24, 2.45) is 0 Å². The average molecular weight is 559 g/mol. The number of nitrogens with one attached hydrogen (secondary N) is 1.